The van der Waals surface area contributed by atoms with E-state index < -0.39 is 32.5 Å². The normalized spacial score (nSPS) is 13.9. The quantitative estimate of drug-likeness (QED) is 0.0264. The Morgan fingerprint density at radius 2 is 0.714 bits per heavy atom. The number of ether oxygens (including phenoxy) is 2. The van der Waals surface area contributed by atoms with E-state index in [2.05, 4.69) is 135 Å². The molecule has 0 heterocycles. The Kier molecular flexibility index (Phi) is 58.7. The highest BCUT2D eigenvalue weighted by Crippen LogP contribution is 2.43. The van der Waals surface area contributed by atoms with Gasteiger partial charge in [0, 0.05) is 19.4 Å². The lowest BCUT2D eigenvalue weighted by Gasteiger charge is -2.19. The van der Waals surface area contributed by atoms with E-state index in [-0.39, 0.29) is 32.6 Å². The van der Waals surface area contributed by atoms with E-state index >= 15 is 0 Å². The van der Waals surface area contributed by atoms with Crippen LogP contribution in [-0.2, 0) is 32.7 Å². The first-order valence-corrected chi connectivity index (χ1v) is 32.5. The summed E-state index contributed by atoms with van der Waals surface area (Å²) in [5, 5.41) is 0. The number of phosphoric ester groups is 1. The van der Waals surface area contributed by atoms with Crippen molar-refractivity contribution < 1.29 is 37.6 Å². The van der Waals surface area contributed by atoms with E-state index in [1.54, 1.807) is 0 Å². The number of allylic oxidation sites excluding steroid dienone is 20. The number of hydrogen-bond donors (Lipinski definition) is 2. The zero-order chi connectivity index (χ0) is 55.9. The molecule has 2 unspecified atom stereocenters. The maximum atomic E-state index is 12.7. The van der Waals surface area contributed by atoms with Gasteiger partial charge in [0.15, 0.2) is 6.10 Å². The largest absolute Gasteiger partial charge is 0.472 e. The topological polar surface area (TPSA) is 134 Å². The van der Waals surface area contributed by atoms with E-state index in [9.17, 15) is 19.0 Å². The third-order valence-electron chi connectivity index (χ3n) is 12.8. The molecule has 0 saturated heterocycles. The minimum Gasteiger partial charge on any atom is -0.462 e. The van der Waals surface area contributed by atoms with Crippen LogP contribution in [0.3, 0.4) is 0 Å². The van der Waals surface area contributed by atoms with E-state index in [4.69, 9.17) is 24.3 Å². The van der Waals surface area contributed by atoms with Crippen LogP contribution in [0.5, 0.6) is 0 Å². The van der Waals surface area contributed by atoms with Crippen molar-refractivity contribution in [3.63, 3.8) is 0 Å². The third-order valence-corrected chi connectivity index (χ3v) is 13.8. The summed E-state index contributed by atoms with van der Waals surface area (Å²) in [7, 11) is -4.41. The van der Waals surface area contributed by atoms with Gasteiger partial charge in [-0.25, -0.2) is 4.57 Å². The lowest BCUT2D eigenvalue weighted by atomic mass is 10.0. The molecule has 0 fully saturated rings. The van der Waals surface area contributed by atoms with Gasteiger partial charge in [-0.05, 0) is 109 Å². The molecule has 0 rings (SSSR count). The number of nitrogens with two attached hydrogens (primary N) is 1. The van der Waals surface area contributed by atoms with Gasteiger partial charge in [-0.1, -0.05) is 257 Å². The fourth-order valence-corrected chi connectivity index (χ4v) is 9.04. The van der Waals surface area contributed by atoms with Crippen molar-refractivity contribution in [3.05, 3.63) is 122 Å². The fraction of sp³-hybridized carbons (Fsp3) is 0.672. The Labute approximate surface area is 472 Å². The van der Waals surface area contributed by atoms with E-state index in [0.717, 1.165) is 96.3 Å². The van der Waals surface area contributed by atoms with Crippen LogP contribution in [0.15, 0.2) is 122 Å². The molecular weight excluding hydrogens is 978 g/mol. The van der Waals surface area contributed by atoms with Gasteiger partial charge >= 0.3 is 19.8 Å². The molecule has 77 heavy (non-hydrogen) atoms. The summed E-state index contributed by atoms with van der Waals surface area (Å²) in [5.74, 6) is -0.869. The van der Waals surface area contributed by atoms with Crippen LogP contribution < -0.4 is 5.73 Å². The van der Waals surface area contributed by atoms with Gasteiger partial charge in [0.25, 0.3) is 0 Å². The fourth-order valence-electron chi connectivity index (χ4n) is 8.27. The van der Waals surface area contributed by atoms with E-state index in [0.29, 0.717) is 6.42 Å². The van der Waals surface area contributed by atoms with Crippen LogP contribution in [-0.4, -0.2) is 49.3 Å². The average molecular weight is 1090 g/mol. The number of carbonyl (C=O) groups is 2. The Morgan fingerprint density at radius 1 is 0.403 bits per heavy atom. The van der Waals surface area contributed by atoms with Crippen LogP contribution in [0.4, 0.5) is 0 Å². The molecule has 0 bridgehead atoms. The summed E-state index contributed by atoms with van der Waals surface area (Å²) >= 11 is 0. The van der Waals surface area contributed by atoms with E-state index in [1.165, 1.54) is 128 Å². The van der Waals surface area contributed by atoms with Crippen molar-refractivity contribution in [1.29, 1.82) is 0 Å². The molecule has 0 aliphatic heterocycles. The van der Waals surface area contributed by atoms with Gasteiger partial charge < -0.3 is 20.1 Å². The second kappa shape index (κ2) is 61.6. The van der Waals surface area contributed by atoms with Crippen molar-refractivity contribution in [2.24, 2.45) is 5.73 Å². The summed E-state index contributed by atoms with van der Waals surface area (Å²) in [4.78, 5) is 35.2. The molecule has 3 N–H and O–H groups in total. The number of carbonyl (C=O) groups excluding carboxylic acids is 2. The number of phosphoric acid groups is 1. The highest BCUT2D eigenvalue weighted by Gasteiger charge is 2.26. The Bertz CT molecular complexity index is 1670. The second-order valence-electron chi connectivity index (χ2n) is 20.2. The number of esters is 2. The minimum atomic E-state index is -4.41. The van der Waals surface area contributed by atoms with Crippen molar-refractivity contribution in [3.8, 4) is 0 Å². The molecule has 440 valence electrons. The SMILES string of the molecule is CC/C=C\C/C=C\C/C=C\C/C=C\C/C=C\C/C=C\C/C=C\CCCCCC(=O)OC(COC(=O)CCCCCCCCCCCCCCCCCC/C=C\C/C=C\C/C=C\CCCCCCC)COP(=O)(O)OCCN. The molecule has 9 nitrogen and oxygen atoms in total. The molecule has 0 saturated carbocycles. The number of unbranched alkanes of at least 4 members (excludes halogenated alkanes) is 24. The maximum Gasteiger partial charge on any atom is 0.472 e. The molecule has 0 amide bonds. The summed E-state index contributed by atoms with van der Waals surface area (Å²) < 4.78 is 33.0. The molecule has 10 heteroatoms. The third kappa shape index (κ3) is 61.5. The summed E-state index contributed by atoms with van der Waals surface area (Å²) in [6.07, 6.45) is 85.5. The molecule has 0 aromatic heterocycles. The van der Waals surface area contributed by atoms with Crippen molar-refractivity contribution in [1.82, 2.24) is 0 Å². The lowest BCUT2D eigenvalue weighted by molar-refractivity contribution is -0.161. The Morgan fingerprint density at radius 3 is 1.08 bits per heavy atom. The first-order chi connectivity index (χ1) is 37.8. The summed E-state index contributed by atoms with van der Waals surface area (Å²) in [6, 6.07) is 0. The molecule has 0 aliphatic rings. The molecule has 0 radical (unpaired) electrons. The van der Waals surface area contributed by atoms with Crippen LogP contribution in [0, 0.1) is 0 Å². The molecule has 0 aromatic carbocycles. The molecular formula is C67H114NO8P. The van der Waals surface area contributed by atoms with Crippen molar-refractivity contribution in [2.45, 2.75) is 264 Å². The molecule has 0 aliphatic carbocycles. The smallest absolute Gasteiger partial charge is 0.462 e. The zero-order valence-electron chi connectivity index (χ0n) is 49.2. The van der Waals surface area contributed by atoms with Gasteiger partial charge in [0.05, 0.1) is 13.2 Å². The monoisotopic (exact) mass is 1090 g/mol. The first kappa shape index (κ1) is 73.4. The van der Waals surface area contributed by atoms with E-state index in [1.807, 2.05) is 0 Å². The Balaban J connectivity index is 4.01. The molecule has 0 aromatic rings. The van der Waals surface area contributed by atoms with Crippen LogP contribution in [0.1, 0.15) is 258 Å². The van der Waals surface area contributed by atoms with Gasteiger partial charge in [-0.3, -0.25) is 18.6 Å². The van der Waals surface area contributed by atoms with Gasteiger partial charge in [0.1, 0.15) is 6.61 Å². The van der Waals surface area contributed by atoms with Crippen molar-refractivity contribution >= 4 is 19.8 Å². The predicted octanol–water partition coefficient (Wildman–Crippen LogP) is 20.0. The van der Waals surface area contributed by atoms with Gasteiger partial charge in [-0.15, -0.1) is 0 Å². The standard InChI is InChI=1S/C67H114NO8P/c1-3-5-7-9-11-13-15-17-19-21-23-25-27-29-30-31-32-33-34-36-37-39-41-43-45-47-49-51-53-55-57-59-66(69)73-63-65(64-75-77(71,72)74-62-61-68)76-67(70)60-58-56-54-52-50-48-46-44-42-40-38-35-28-26-24-22-20-18-16-14-12-10-8-6-4-2/h6,8,12,14-15,17-18,20-21,23-24,26-27,29,35,38,42,44,48,50,65H,3-5,7,9-11,13,16,19,22,25,28,30-34,36-37,39-41,43,45-47,49,51-64,68H2,1-2H3,(H,71,72)/b8-6-,14-12-,17-15-,20-18-,23-21-,26-24-,29-27-,38-35-,44-42-,50-48-. The van der Waals surface area contributed by atoms with Gasteiger partial charge in [-0.2, -0.15) is 0 Å². The first-order valence-electron chi connectivity index (χ1n) is 31.0. The number of rotatable bonds is 57. The van der Waals surface area contributed by atoms with Crippen LogP contribution in [0.25, 0.3) is 0 Å². The second-order valence-corrected chi connectivity index (χ2v) is 21.6. The summed E-state index contributed by atoms with van der Waals surface area (Å²) in [5.41, 5.74) is 5.38. The van der Waals surface area contributed by atoms with Crippen molar-refractivity contribution in [2.75, 3.05) is 26.4 Å². The van der Waals surface area contributed by atoms with Crippen LogP contribution in [0.2, 0.25) is 0 Å². The lowest BCUT2D eigenvalue weighted by Crippen LogP contribution is -2.29. The minimum absolute atomic E-state index is 0.0417. The predicted molar refractivity (Wildman–Crippen MR) is 330 cm³/mol. The average Bonchev–Trinajstić information content (AvgIpc) is 3.42. The Hall–Kier alpha value is -3.59. The maximum absolute atomic E-state index is 12.7. The van der Waals surface area contributed by atoms with Gasteiger partial charge in [0.2, 0.25) is 0 Å². The zero-order valence-corrected chi connectivity index (χ0v) is 50.0. The highest BCUT2D eigenvalue weighted by atomic mass is 31.2. The summed E-state index contributed by atoms with van der Waals surface area (Å²) in [6.45, 7) is 3.58. The molecule has 2 atom stereocenters. The highest BCUT2D eigenvalue weighted by molar-refractivity contribution is 7.47. The number of hydrogen-bond acceptors (Lipinski definition) is 8. The van der Waals surface area contributed by atoms with Crippen LogP contribution >= 0.6 is 7.82 Å². The molecule has 0 spiro atoms.